The number of nitrogens with one attached hydrogen (secondary N) is 1. The van der Waals surface area contributed by atoms with Gasteiger partial charge in [0.15, 0.2) is 0 Å². The second-order valence-electron chi connectivity index (χ2n) is 6.19. The molecule has 2 unspecified atom stereocenters. The molecule has 1 aromatic heterocycles. The van der Waals surface area contributed by atoms with E-state index < -0.39 is 6.10 Å². The number of methoxy groups -OCH3 is 2. The zero-order chi connectivity index (χ0) is 18.6. The molecule has 0 aliphatic heterocycles. The third-order valence-corrected chi connectivity index (χ3v) is 4.55. The van der Waals surface area contributed by atoms with Gasteiger partial charge in [0.25, 0.3) is 0 Å². The van der Waals surface area contributed by atoms with Crippen LogP contribution in [-0.4, -0.2) is 35.7 Å². The van der Waals surface area contributed by atoms with Gasteiger partial charge in [-0.15, -0.1) is 0 Å². The number of aliphatic hydroxyl groups is 1. The van der Waals surface area contributed by atoms with Crippen LogP contribution in [0.5, 0.6) is 11.5 Å². The van der Waals surface area contributed by atoms with Crippen molar-refractivity contribution in [2.45, 2.75) is 46.4 Å². The Kier molecular flexibility index (Phi) is 6.45. The highest BCUT2D eigenvalue weighted by Gasteiger charge is 2.18. The first-order valence-corrected chi connectivity index (χ1v) is 8.59. The number of aromatic nitrogens is 2. The third-order valence-electron chi connectivity index (χ3n) is 4.55. The van der Waals surface area contributed by atoms with Crippen molar-refractivity contribution in [3.63, 3.8) is 0 Å². The van der Waals surface area contributed by atoms with E-state index in [1.165, 1.54) is 5.56 Å². The Bertz CT molecular complexity index is 690. The summed E-state index contributed by atoms with van der Waals surface area (Å²) < 4.78 is 12.5. The number of hydrogen-bond acceptors (Lipinski definition) is 5. The molecule has 0 bridgehead atoms. The Hall–Kier alpha value is -2.05. The minimum atomic E-state index is -0.659. The fraction of sp³-hybridized carbons (Fsp3) is 0.526. The molecule has 2 rings (SSSR count). The topological polar surface area (TPSA) is 68.5 Å². The second kappa shape index (κ2) is 8.36. The molecule has 0 amide bonds. The van der Waals surface area contributed by atoms with E-state index >= 15 is 0 Å². The number of benzene rings is 1. The summed E-state index contributed by atoms with van der Waals surface area (Å²) in [5.74, 6) is 1.33. The number of rotatable bonds is 8. The smallest absolute Gasteiger partial charge is 0.122 e. The molecule has 0 saturated carbocycles. The van der Waals surface area contributed by atoms with Crippen LogP contribution < -0.4 is 14.8 Å². The first-order valence-electron chi connectivity index (χ1n) is 8.59. The molecule has 1 heterocycles. The monoisotopic (exact) mass is 347 g/mol. The maximum Gasteiger partial charge on any atom is 0.122 e. The van der Waals surface area contributed by atoms with E-state index in [0.29, 0.717) is 18.0 Å². The van der Waals surface area contributed by atoms with Crippen molar-refractivity contribution >= 4 is 0 Å². The Morgan fingerprint density at radius 3 is 2.24 bits per heavy atom. The first-order chi connectivity index (χ1) is 11.9. The van der Waals surface area contributed by atoms with Crippen LogP contribution in [0.2, 0.25) is 0 Å². The molecule has 0 aliphatic carbocycles. The van der Waals surface area contributed by atoms with Crippen LogP contribution in [0.3, 0.4) is 0 Å². The van der Waals surface area contributed by atoms with Crippen LogP contribution >= 0.6 is 0 Å². The van der Waals surface area contributed by atoms with Crippen LogP contribution in [0.4, 0.5) is 0 Å². The van der Waals surface area contributed by atoms with Gasteiger partial charge in [-0.25, -0.2) is 0 Å². The number of nitrogens with zero attached hydrogens (tertiary/aromatic N) is 2. The molecule has 0 aliphatic rings. The van der Waals surface area contributed by atoms with Crippen molar-refractivity contribution in [3.05, 3.63) is 40.7 Å². The third kappa shape index (κ3) is 4.32. The van der Waals surface area contributed by atoms with Gasteiger partial charge in [0.2, 0.25) is 0 Å². The summed E-state index contributed by atoms with van der Waals surface area (Å²) in [7, 11) is 3.20. The molecule has 138 valence electrons. The molecule has 25 heavy (non-hydrogen) atoms. The summed E-state index contributed by atoms with van der Waals surface area (Å²) in [5.41, 5.74) is 4.14. The van der Waals surface area contributed by atoms with Gasteiger partial charge in [-0.1, -0.05) is 0 Å². The number of aliphatic hydroxyl groups excluding tert-OH is 1. The Morgan fingerprint density at radius 2 is 1.76 bits per heavy atom. The Balaban J connectivity index is 2.09. The van der Waals surface area contributed by atoms with Crippen molar-refractivity contribution in [3.8, 4) is 11.5 Å². The predicted octanol–water partition coefficient (Wildman–Crippen LogP) is 2.92. The number of aryl methyl sites for hydroxylation is 2. The summed E-state index contributed by atoms with van der Waals surface area (Å²) >= 11 is 0. The van der Waals surface area contributed by atoms with Crippen molar-refractivity contribution in [2.24, 2.45) is 0 Å². The molecule has 2 N–H and O–H groups in total. The van der Waals surface area contributed by atoms with Gasteiger partial charge in [-0.05, 0) is 45.4 Å². The highest BCUT2D eigenvalue weighted by atomic mass is 16.5. The molecule has 0 radical (unpaired) electrons. The minimum Gasteiger partial charge on any atom is -0.497 e. The van der Waals surface area contributed by atoms with Crippen molar-refractivity contribution < 1.29 is 14.6 Å². The van der Waals surface area contributed by atoms with Crippen LogP contribution in [0.1, 0.15) is 48.5 Å². The molecule has 6 heteroatoms. The molecular weight excluding hydrogens is 318 g/mol. The fourth-order valence-corrected chi connectivity index (χ4v) is 3.18. The van der Waals surface area contributed by atoms with E-state index in [1.807, 2.05) is 23.7 Å². The van der Waals surface area contributed by atoms with Crippen LogP contribution in [0.15, 0.2) is 18.2 Å². The average Bonchev–Trinajstić information content (AvgIpc) is 2.92. The van der Waals surface area contributed by atoms with E-state index in [0.717, 1.165) is 23.5 Å². The van der Waals surface area contributed by atoms with Crippen LogP contribution in [0, 0.1) is 13.8 Å². The molecular formula is C19H29N3O3. The quantitative estimate of drug-likeness (QED) is 0.768. The maximum atomic E-state index is 10.6. The summed E-state index contributed by atoms with van der Waals surface area (Å²) in [5, 5.41) is 18.5. The van der Waals surface area contributed by atoms with Gasteiger partial charge < -0.3 is 19.9 Å². The maximum absolute atomic E-state index is 10.6. The summed E-state index contributed by atoms with van der Waals surface area (Å²) in [6.07, 6.45) is -0.659. The van der Waals surface area contributed by atoms with Crippen LogP contribution in [0.25, 0.3) is 0 Å². The van der Waals surface area contributed by atoms with E-state index in [2.05, 4.69) is 31.2 Å². The zero-order valence-corrected chi connectivity index (χ0v) is 16.0. The van der Waals surface area contributed by atoms with Gasteiger partial charge in [-0.3, -0.25) is 4.68 Å². The summed E-state index contributed by atoms with van der Waals surface area (Å²) in [4.78, 5) is 0. The van der Waals surface area contributed by atoms with Crippen molar-refractivity contribution in [1.29, 1.82) is 0 Å². The summed E-state index contributed by atoms with van der Waals surface area (Å²) in [6, 6.07) is 5.54. The van der Waals surface area contributed by atoms with Crippen molar-refractivity contribution in [2.75, 3.05) is 20.8 Å². The number of ether oxygens (including phenoxy) is 2. The van der Waals surface area contributed by atoms with Gasteiger partial charge in [-0.2, -0.15) is 5.10 Å². The number of hydrogen-bond donors (Lipinski definition) is 2. The standard InChI is InChI=1S/C19H29N3O3/c1-7-22-14(4)19(13(3)21-22)12(2)20-11-18(23)15-8-16(24-5)10-17(9-15)25-6/h8-10,12,18,20,23H,7,11H2,1-6H3. The lowest BCUT2D eigenvalue weighted by atomic mass is 10.0. The normalized spacial score (nSPS) is 13.6. The van der Waals surface area contributed by atoms with E-state index in [1.54, 1.807) is 20.3 Å². The average molecular weight is 347 g/mol. The second-order valence-corrected chi connectivity index (χ2v) is 6.19. The molecule has 0 fully saturated rings. The molecule has 2 atom stereocenters. The lowest BCUT2D eigenvalue weighted by Gasteiger charge is -2.19. The van der Waals surface area contributed by atoms with E-state index in [9.17, 15) is 5.11 Å². The van der Waals surface area contributed by atoms with E-state index in [4.69, 9.17) is 9.47 Å². The minimum absolute atomic E-state index is 0.0995. The molecule has 1 aromatic carbocycles. The highest BCUT2D eigenvalue weighted by molar-refractivity contribution is 5.39. The Morgan fingerprint density at radius 1 is 1.16 bits per heavy atom. The van der Waals surface area contributed by atoms with Gasteiger partial charge in [0.05, 0.1) is 26.0 Å². The molecule has 2 aromatic rings. The summed E-state index contributed by atoms with van der Waals surface area (Å²) in [6.45, 7) is 9.56. The van der Waals surface area contributed by atoms with E-state index in [-0.39, 0.29) is 6.04 Å². The van der Waals surface area contributed by atoms with Gasteiger partial charge in [0.1, 0.15) is 11.5 Å². The van der Waals surface area contributed by atoms with Crippen LogP contribution in [-0.2, 0) is 6.54 Å². The Labute approximate surface area is 149 Å². The lowest BCUT2D eigenvalue weighted by molar-refractivity contribution is 0.170. The van der Waals surface area contributed by atoms with Gasteiger partial charge >= 0.3 is 0 Å². The SMILES string of the molecule is CCn1nc(C)c(C(C)NCC(O)c2cc(OC)cc(OC)c2)c1C. The zero-order valence-electron chi connectivity index (χ0n) is 16.0. The fourth-order valence-electron chi connectivity index (χ4n) is 3.18. The molecule has 0 spiro atoms. The largest absolute Gasteiger partial charge is 0.497 e. The van der Waals surface area contributed by atoms with Gasteiger partial charge in [0, 0.05) is 36.5 Å². The van der Waals surface area contributed by atoms with Crippen molar-refractivity contribution in [1.82, 2.24) is 15.1 Å². The molecule has 0 saturated heterocycles. The first kappa shape index (κ1) is 19.3. The predicted molar refractivity (Wildman–Crippen MR) is 98.3 cm³/mol. The lowest BCUT2D eigenvalue weighted by Crippen LogP contribution is -2.25. The highest BCUT2D eigenvalue weighted by Crippen LogP contribution is 2.27. The molecule has 6 nitrogen and oxygen atoms in total.